The van der Waals surface area contributed by atoms with E-state index >= 15 is 0 Å². The second-order valence-electron chi connectivity index (χ2n) is 7.96. The van der Waals surface area contributed by atoms with Gasteiger partial charge in [-0.25, -0.2) is 8.42 Å². The fourth-order valence-corrected chi connectivity index (χ4v) is 6.02. The van der Waals surface area contributed by atoms with Crippen LogP contribution < -0.4 is 10.1 Å². The van der Waals surface area contributed by atoms with Crippen molar-refractivity contribution in [2.24, 2.45) is 5.92 Å². The minimum Gasteiger partial charge on any atom is -0.495 e. The molecule has 1 amide bonds. The van der Waals surface area contributed by atoms with E-state index in [0.717, 1.165) is 16.1 Å². The highest BCUT2D eigenvalue weighted by Crippen LogP contribution is 2.33. The van der Waals surface area contributed by atoms with Crippen LogP contribution in [0.3, 0.4) is 0 Å². The zero-order chi connectivity index (χ0) is 22.6. The second kappa shape index (κ2) is 10.1. The van der Waals surface area contributed by atoms with Gasteiger partial charge in [-0.3, -0.25) is 4.79 Å². The molecule has 1 atom stereocenters. The van der Waals surface area contributed by atoms with Crippen molar-refractivity contribution >= 4 is 33.4 Å². The predicted octanol–water partition coefficient (Wildman–Crippen LogP) is 4.58. The van der Waals surface area contributed by atoms with E-state index in [1.807, 2.05) is 50.4 Å². The van der Waals surface area contributed by atoms with Gasteiger partial charge in [-0.1, -0.05) is 32.0 Å². The molecule has 6 nitrogen and oxygen atoms in total. The van der Waals surface area contributed by atoms with E-state index in [4.69, 9.17) is 4.74 Å². The van der Waals surface area contributed by atoms with E-state index in [-0.39, 0.29) is 23.3 Å². The average molecular weight is 463 g/mol. The lowest BCUT2D eigenvalue weighted by atomic mass is 9.99. The van der Waals surface area contributed by atoms with E-state index in [1.165, 1.54) is 11.4 Å². The summed E-state index contributed by atoms with van der Waals surface area (Å²) in [6.07, 6.45) is 3.24. The van der Waals surface area contributed by atoms with Gasteiger partial charge in [0.2, 0.25) is 15.9 Å². The monoisotopic (exact) mass is 462 g/mol. The largest absolute Gasteiger partial charge is 0.495 e. The Balaban J connectivity index is 1.82. The molecule has 31 heavy (non-hydrogen) atoms. The number of methoxy groups -OCH3 is 1. The lowest BCUT2D eigenvalue weighted by molar-refractivity contribution is -0.120. The lowest BCUT2D eigenvalue weighted by Crippen LogP contribution is -2.43. The summed E-state index contributed by atoms with van der Waals surface area (Å²) in [4.78, 5) is 14.1. The number of nitrogens with zero attached hydrogens (tertiary/aromatic N) is 1. The number of piperidine rings is 1. The Morgan fingerprint density at radius 1 is 1.23 bits per heavy atom. The molecule has 0 radical (unpaired) electrons. The zero-order valence-electron chi connectivity index (χ0n) is 18.4. The summed E-state index contributed by atoms with van der Waals surface area (Å²) in [5, 5.41) is 2.98. The van der Waals surface area contributed by atoms with Crippen molar-refractivity contribution in [3.8, 4) is 5.75 Å². The molecule has 2 aromatic carbocycles. The summed E-state index contributed by atoms with van der Waals surface area (Å²) in [5.41, 5.74) is 1.69. The number of ether oxygens (including phenoxy) is 1. The molecule has 0 saturated carbocycles. The van der Waals surface area contributed by atoms with Crippen LogP contribution >= 0.6 is 11.8 Å². The number of thioether (sulfide) groups is 1. The Kier molecular flexibility index (Phi) is 7.67. The van der Waals surface area contributed by atoms with E-state index < -0.39 is 15.9 Å². The molecule has 1 N–H and O–H groups in total. The number of hydrogen-bond donors (Lipinski definition) is 1. The summed E-state index contributed by atoms with van der Waals surface area (Å²) in [7, 11) is -2.32. The predicted molar refractivity (Wildman–Crippen MR) is 125 cm³/mol. The van der Waals surface area contributed by atoms with Gasteiger partial charge in [-0.15, -0.1) is 11.8 Å². The first kappa shape index (κ1) is 23.6. The average Bonchev–Trinajstić information content (AvgIpc) is 2.78. The molecule has 2 aromatic rings. The Bertz CT molecular complexity index is 1040. The molecule has 0 unspecified atom stereocenters. The van der Waals surface area contributed by atoms with Crippen LogP contribution in [0.4, 0.5) is 5.69 Å². The maximum atomic E-state index is 13.5. The van der Waals surface area contributed by atoms with Gasteiger partial charge in [0.25, 0.3) is 0 Å². The van der Waals surface area contributed by atoms with Gasteiger partial charge in [0, 0.05) is 18.0 Å². The van der Waals surface area contributed by atoms with Crippen molar-refractivity contribution in [2.75, 3.05) is 31.8 Å². The topological polar surface area (TPSA) is 75.7 Å². The number of sulfonamides is 1. The third-order valence-corrected chi connectivity index (χ3v) is 8.27. The maximum Gasteiger partial charge on any atom is 0.246 e. The fraction of sp³-hybridized carbons (Fsp3) is 0.435. The first-order valence-corrected chi connectivity index (χ1v) is 13.1. The number of nitrogens with one attached hydrogen (secondary N) is 1. The summed E-state index contributed by atoms with van der Waals surface area (Å²) in [6, 6.07) is 12.9. The number of carbonyl (C=O) groups is 1. The summed E-state index contributed by atoms with van der Waals surface area (Å²) >= 11 is 1.56. The van der Waals surface area contributed by atoms with Crippen molar-refractivity contribution in [1.29, 1.82) is 0 Å². The molecule has 1 fully saturated rings. The summed E-state index contributed by atoms with van der Waals surface area (Å²) < 4.78 is 33.7. The molecule has 0 aromatic heterocycles. The molecule has 168 valence electrons. The Morgan fingerprint density at radius 3 is 2.65 bits per heavy atom. The summed E-state index contributed by atoms with van der Waals surface area (Å²) in [5.74, 6) is -0.0388. The standard InChI is InChI=1S/C23H30N2O4S2/c1-16(2)17-11-12-20(29-3)22(14-17)31(27,28)25-13-7-8-18(15-25)23(26)24-19-9-5-6-10-21(19)30-4/h5-6,9-12,14,16,18H,7-8,13,15H2,1-4H3,(H,24,26)/t18-/m0/s1. The highest BCUT2D eigenvalue weighted by Gasteiger charge is 2.35. The molecule has 1 aliphatic heterocycles. The first-order chi connectivity index (χ1) is 14.8. The Hall–Kier alpha value is -2.03. The van der Waals surface area contributed by atoms with Crippen molar-refractivity contribution in [3.05, 3.63) is 48.0 Å². The lowest BCUT2D eigenvalue weighted by Gasteiger charge is -2.31. The number of rotatable bonds is 7. The van der Waals surface area contributed by atoms with Gasteiger partial charge >= 0.3 is 0 Å². The highest BCUT2D eigenvalue weighted by molar-refractivity contribution is 7.98. The Morgan fingerprint density at radius 2 is 1.97 bits per heavy atom. The summed E-state index contributed by atoms with van der Waals surface area (Å²) in [6.45, 7) is 4.59. The van der Waals surface area contributed by atoms with Crippen LogP contribution in [0.1, 0.15) is 38.2 Å². The van der Waals surface area contributed by atoms with Crippen LogP contribution in [0.2, 0.25) is 0 Å². The molecule has 3 rings (SSSR count). The third kappa shape index (κ3) is 5.25. The quantitative estimate of drug-likeness (QED) is 0.610. The maximum absolute atomic E-state index is 13.5. The molecule has 1 heterocycles. The SMILES string of the molecule is COc1ccc(C(C)C)cc1S(=O)(=O)N1CCC[C@H](C(=O)Nc2ccccc2SC)C1. The number of anilines is 1. The molecular formula is C23H30N2O4S2. The number of para-hydroxylation sites is 1. The first-order valence-electron chi connectivity index (χ1n) is 10.4. The molecule has 0 spiro atoms. The van der Waals surface area contributed by atoms with Crippen LogP contribution in [0.25, 0.3) is 0 Å². The van der Waals surface area contributed by atoms with Gasteiger partial charge in [-0.2, -0.15) is 4.31 Å². The smallest absolute Gasteiger partial charge is 0.246 e. The van der Waals surface area contributed by atoms with Crippen LogP contribution in [0, 0.1) is 5.92 Å². The van der Waals surface area contributed by atoms with E-state index in [9.17, 15) is 13.2 Å². The second-order valence-corrected chi connectivity index (χ2v) is 10.7. The van der Waals surface area contributed by atoms with Crippen LogP contribution in [0.5, 0.6) is 5.75 Å². The van der Waals surface area contributed by atoms with Crippen LogP contribution in [-0.2, 0) is 14.8 Å². The molecule has 1 aliphatic rings. The molecule has 1 saturated heterocycles. The normalized spacial score (nSPS) is 17.5. The van der Waals surface area contributed by atoms with E-state index in [2.05, 4.69) is 5.32 Å². The number of hydrogen-bond acceptors (Lipinski definition) is 5. The minimum absolute atomic E-state index is 0.149. The van der Waals surface area contributed by atoms with Gasteiger partial charge in [0.05, 0.1) is 18.7 Å². The Labute approximate surface area is 189 Å². The molecule has 0 bridgehead atoms. The van der Waals surface area contributed by atoms with Crippen molar-refractivity contribution in [3.63, 3.8) is 0 Å². The van der Waals surface area contributed by atoms with Crippen molar-refractivity contribution in [1.82, 2.24) is 4.31 Å². The molecule has 0 aliphatic carbocycles. The zero-order valence-corrected chi connectivity index (χ0v) is 20.1. The number of benzene rings is 2. The third-order valence-electron chi connectivity index (χ3n) is 5.59. The van der Waals surface area contributed by atoms with Gasteiger partial charge in [0.1, 0.15) is 10.6 Å². The van der Waals surface area contributed by atoms with Gasteiger partial charge < -0.3 is 10.1 Å². The van der Waals surface area contributed by atoms with Gasteiger partial charge in [0.15, 0.2) is 0 Å². The van der Waals surface area contributed by atoms with E-state index in [0.29, 0.717) is 25.1 Å². The van der Waals surface area contributed by atoms with E-state index in [1.54, 1.807) is 23.9 Å². The minimum atomic E-state index is -3.79. The van der Waals surface area contributed by atoms with Crippen LogP contribution in [0.15, 0.2) is 52.3 Å². The van der Waals surface area contributed by atoms with Crippen molar-refractivity contribution < 1.29 is 17.9 Å². The van der Waals surface area contributed by atoms with Crippen molar-refractivity contribution in [2.45, 2.75) is 42.4 Å². The molecule has 8 heteroatoms. The number of amides is 1. The number of carbonyl (C=O) groups excluding carboxylic acids is 1. The molecular weight excluding hydrogens is 432 g/mol. The highest BCUT2D eigenvalue weighted by atomic mass is 32.2. The fourth-order valence-electron chi connectivity index (χ4n) is 3.75. The van der Waals surface area contributed by atoms with Crippen LogP contribution in [-0.4, -0.2) is 45.1 Å². The van der Waals surface area contributed by atoms with Gasteiger partial charge in [-0.05, 0) is 54.8 Å².